The van der Waals surface area contributed by atoms with Crippen LogP contribution in [0.3, 0.4) is 0 Å². The van der Waals surface area contributed by atoms with Crippen molar-refractivity contribution in [1.82, 2.24) is 14.9 Å². The van der Waals surface area contributed by atoms with Gasteiger partial charge in [0.1, 0.15) is 0 Å². The lowest BCUT2D eigenvalue weighted by Crippen LogP contribution is -2.43. The van der Waals surface area contributed by atoms with Gasteiger partial charge in [0.2, 0.25) is 10.0 Å². The van der Waals surface area contributed by atoms with Crippen LogP contribution in [0.25, 0.3) is 0 Å². The number of benzene rings is 1. The summed E-state index contributed by atoms with van der Waals surface area (Å²) >= 11 is 0. The third-order valence-electron chi connectivity index (χ3n) is 4.02. The summed E-state index contributed by atoms with van der Waals surface area (Å²) in [5.74, 6) is -0.0532. The zero-order chi connectivity index (χ0) is 16.9. The maximum atomic E-state index is 12.5. The fraction of sp³-hybridized carbons (Fsp3) is 0.438. The van der Waals surface area contributed by atoms with Crippen molar-refractivity contribution < 1.29 is 13.2 Å². The molecule has 0 aromatic heterocycles. The van der Waals surface area contributed by atoms with Gasteiger partial charge in [0.15, 0.2) is 0 Å². The van der Waals surface area contributed by atoms with Crippen molar-refractivity contribution in [3.05, 3.63) is 42.5 Å². The molecule has 0 bridgehead atoms. The Labute approximate surface area is 149 Å². The molecule has 0 spiro atoms. The molecule has 8 heteroatoms. The normalized spacial score (nSPS) is 15.6. The Bertz CT molecular complexity index is 654. The quantitative estimate of drug-likeness (QED) is 0.739. The van der Waals surface area contributed by atoms with Crippen molar-refractivity contribution in [3.63, 3.8) is 0 Å². The number of carbonyl (C=O) groups excluding carboxylic acids is 1. The van der Waals surface area contributed by atoms with Crippen LogP contribution in [0, 0.1) is 0 Å². The number of likely N-dealkylation sites (tertiary alicyclic amines) is 1. The average Bonchev–Trinajstić information content (AvgIpc) is 2.59. The first-order valence-electron chi connectivity index (χ1n) is 7.65. The highest BCUT2D eigenvalue weighted by atomic mass is 35.5. The number of hydrogen-bond donors (Lipinski definition) is 2. The molecule has 24 heavy (non-hydrogen) atoms. The van der Waals surface area contributed by atoms with Gasteiger partial charge in [0.25, 0.3) is 5.91 Å². The Morgan fingerprint density at radius 2 is 1.88 bits per heavy atom. The maximum Gasteiger partial charge on any atom is 0.253 e. The van der Waals surface area contributed by atoms with E-state index in [4.69, 9.17) is 0 Å². The zero-order valence-electron chi connectivity index (χ0n) is 13.7. The lowest BCUT2D eigenvalue weighted by molar-refractivity contribution is 0.0707. The second-order valence-corrected chi connectivity index (χ2v) is 7.29. The molecule has 1 saturated heterocycles. The van der Waals surface area contributed by atoms with Gasteiger partial charge in [-0.05, 0) is 44.2 Å². The summed E-state index contributed by atoms with van der Waals surface area (Å²) < 4.78 is 26.4. The van der Waals surface area contributed by atoms with Gasteiger partial charge in [-0.3, -0.25) is 4.79 Å². The van der Waals surface area contributed by atoms with Crippen molar-refractivity contribution in [2.24, 2.45) is 0 Å². The minimum Gasteiger partial charge on any atom is -0.339 e. The van der Waals surface area contributed by atoms with Crippen molar-refractivity contribution in [1.29, 1.82) is 0 Å². The van der Waals surface area contributed by atoms with Crippen LogP contribution in [0.4, 0.5) is 0 Å². The van der Waals surface area contributed by atoms with E-state index < -0.39 is 10.0 Å². The predicted octanol–water partition coefficient (Wildman–Crippen LogP) is 1.40. The maximum absolute atomic E-state index is 12.5. The Morgan fingerprint density at radius 1 is 1.29 bits per heavy atom. The van der Waals surface area contributed by atoms with E-state index in [2.05, 4.69) is 16.6 Å². The van der Waals surface area contributed by atoms with Crippen LogP contribution in [-0.2, 0) is 10.0 Å². The Balaban J connectivity index is 0.00000288. The lowest BCUT2D eigenvalue weighted by atomic mass is 10.0. The second-order valence-electron chi connectivity index (χ2n) is 5.52. The summed E-state index contributed by atoms with van der Waals surface area (Å²) in [7, 11) is -1.62. The van der Waals surface area contributed by atoms with Crippen LogP contribution >= 0.6 is 12.4 Å². The van der Waals surface area contributed by atoms with Gasteiger partial charge in [-0.15, -0.1) is 19.0 Å². The number of amides is 1. The predicted molar refractivity (Wildman–Crippen MR) is 97.1 cm³/mol. The number of sulfonamides is 1. The molecule has 2 rings (SSSR count). The van der Waals surface area contributed by atoms with Crippen LogP contribution in [0.5, 0.6) is 0 Å². The molecule has 1 heterocycles. The first-order chi connectivity index (χ1) is 11.0. The molecular weight excluding hydrogens is 350 g/mol. The highest BCUT2D eigenvalue weighted by Crippen LogP contribution is 2.16. The van der Waals surface area contributed by atoms with Crippen LogP contribution in [0.2, 0.25) is 0 Å². The largest absolute Gasteiger partial charge is 0.339 e. The van der Waals surface area contributed by atoms with Gasteiger partial charge in [-0.1, -0.05) is 6.08 Å². The molecule has 1 aromatic rings. The molecule has 1 aromatic carbocycles. The molecule has 1 aliphatic heterocycles. The molecule has 0 saturated carbocycles. The molecule has 0 unspecified atom stereocenters. The summed E-state index contributed by atoms with van der Waals surface area (Å²) in [6.45, 7) is 5.07. The fourth-order valence-corrected chi connectivity index (χ4v) is 3.58. The van der Waals surface area contributed by atoms with Crippen LogP contribution in [0.15, 0.2) is 41.8 Å². The summed E-state index contributed by atoms with van der Waals surface area (Å²) in [4.78, 5) is 14.4. The van der Waals surface area contributed by atoms with Gasteiger partial charge in [-0.25, -0.2) is 13.1 Å². The molecule has 0 radical (unpaired) electrons. The summed E-state index contributed by atoms with van der Waals surface area (Å²) in [5, 5.41) is 3.23. The molecule has 0 atom stereocenters. The Kier molecular flexibility index (Phi) is 7.89. The summed E-state index contributed by atoms with van der Waals surface area (Å²) in [5.41, 5.74) is 0.510. The van der Waals surface area contributed by atoms with Crippen LogP contribution in [0.1, 0.15) is 23.2 Å². The number of nitrogens with zero attached hydrogens (tertiary/aromatic N) is 1. The minimum absolute atomic E-state index is 0. The zero-order valence-corrected chi connectivity index (χ0v) is 15.3. The number of nitrogens with one attached hydrogen (secondary N) is 2. The van der Waals surface area contributed by atoms with E-state index in [1.807, 2.05) is 11.9 Å². The van der Waals surface area contributed by atoms with Crippen LogP contribution < -0.4 is 10.0 Å². The lowest BCUT2D eigenvalue weighted by Gasteiger charge is -2.31. The van der Waals surface area contributed by atoms with Gasteiger partial charge in [0, 0.05) is 31.2 Å². The molecule has 6 nitrogen and oxygen atoms in total. The van der Waals surface area contributed by atoms with Gasteiger partial charge < -0.3 is 10.2 Å². The fourth-order valence-electron chi connectivity index (χ4n) is 2.58. The van der Waals surface area contributed by atoms with Crippen molar-refractivity contribution >= 4 is 28.3 Å². The molecule has 134 valence electrons. The third kappa shape index (κ3) is 5.04. The van der Waals surface area contributed by atoms with Gasteiger partial charge >= 0.3 is 0 Å². The van der Waals surface area contributed by atoms with E-state index in [9.17, 15) is 13.2 Å². The second kappa shape index (κ2) is 9.17. The summed E-state index contributed by atoms with van der Waals surface area (Å²) in [6.07, 6.45) is 3.34. The standard InChI is InChI=1S/C16H23N3O3S.ClH/c1-3-10-18-23(21,22)15-6-4-13(5-7-15)16(20)19-11-8-14(17-2)9-12-19;/h3-7,14,17-18H,1,8-12H2,2H3;1H. The minimum atomic E-state index is -3.55. The highest BCUT2D eigenvalue weighted by molar-refractivity contribution is 7.89. The van der Waals surface area contributed by atoms with Crippen molar-refractivity contribution in [3.8, 4) is 0 Å². The summed E-state index contributed by atoms with van der Waals surface area (Å²) in [6, 6.07) is 6.50. The van der Waals surface area contributed by atoms with E-state index in [0.29, 0.717) is 24.7 Å². The van der Waals surface area contributed by atoms with Gasteiger partial charge in [0.05, 0.1) is 4.90 Å². The van der Waals surface area contributed by atoms with E-state index in [-0.39, 0.29) is 29.8 Å². The number of rotatable bonds is 6. The van der Waals surface area contributed by atoms with E-state index >= 15 is 0 Å². The first kappa shape index (κ1) is 20.6. The van der Waals surface area contributed by atoms with Gasteiger partial charge in [-0.2, -0.15) is 0 Å². The number of piperidine rings is 1. The van der Waals surface area contributed by atoms with Crippen LogP contribution in [-0.4, -0.2) is 51.9 Å². The SMILES string of the molecule is C=CCNS(=O)(=O)c1ccc(C(=O)N2CCC(NC)CC2)cc1.Cl. The smallest absolute Gasteiger partial charge is 0.253 e. The molecule has 1 aliphatic rings. The van der Waals surface area contributed by atoms with Crippen molar-refractivity contribution in [2.45, 2.75) is 23.8 Å². The number of carbonyl (C=O) groups is 1. The topological polar surface area (TPSA) is 78.5 Å². The molecule has 1 amide bonds. The van der Waals surface area contributed by atoms with E-state index in [1.165, 1.54) is 18.2 Å². The van der Waals surface area contributed by atoms with E-state index in [1.54, 1.807) is 12.1 Å². The number of hydrogen-bond acceptors (Lipinski definition) is 4. The number of halogens is 1. The molecule has 1 fully saturated rings. The van der Waals surface area contributed by atoms with E-state index in [0.717, 1.165) is 12.8 Å². The molecular formula is C16H24ClN3O3S. The average molecular weight is 374 g/mol. The Hall–Kier alpha value is -1.41. The Morgan fingerprint density at radius 3 is 2.38 bits per heavy atom. The monoisotopic (exact) mass is 373 g/mol. The molecule has 2 N–H and O–H groups in total. The first-order valence-corrected chi connectivity index (χ1v) is 9.13. The highest BCUT2D eigenvalue weighted by Gasteiger charge is 2.23. The van der Waals surface area contributed by atoms with Crippen molar-refractivity contribution in [2.75, 3.05) is 26.7 Å². The molecule has 0 aliphatic carbocycles. The third-order valence-corrected chi connectivity index (χ3v) is 5.46.